The number of ether oxygens (including phenoxy) is 2. The Kier molecular flexibility index (Phi) is 5.62. The van der Waals surface area contributed by atoms with Crippen LogP contribution in [0, 0.1) is 5.92 Å². The van der Waals surface area contributed by atoms with Crippen LogP contribution in [-0.2, 0) is 4.74 Å². The SMILES string of the molecule is CC(C)CN(C)C(=O)c1ccccc1OCC1CCCO1. The number of rotatable bonds is 6. The highest BCUT2D eigenvalue weighted by Gasteiger charge is 2.20. The zero-order valence-corrected chi connectivity index (χ0v) is 13.2. The first-order valence-corrected chi connectivity index (χ1v) is 7.67. The average Bonchev–Trinajstić information content (AvgIpc) is 2.97. The molecule has 4 heteroatoms. The molecule has 1 aliphatic rings. The predicted octanol–water partition coefficient (Wildman–Crippen LogP) is 2.97. The first-order chi connectivity index (χ1) is 10.1. The summed E-state index contributed by atoms with van der Waals surface area (Å²) in [6, 6.07) is 7.44. The Bertz CT molecular complexity index is 467. The molecule has 1 unspecified atom stereocenters. The monoisotopic (exact) mass is 291 g/mol. The van der Waals surface area contributed by atoms with Crippen LogP contribution in [-0.4, -0.2) is 43.7 Å². The molecule has 0 bridgehead atoms. The standard InChI is InChI=1S/C17H25NO3/c1-13(2)11-18(3)17(19)15-8-4-5-9-16(15)21-12-14-7-6-10-20-14/h4-5,8-9,13-14H,6-7,10-12H2,1-3H3. The molecule has 0 radical (unpaired) electrons. The molecular weight excluding hydrogens is 266 g/mol. The average molecular weight is 291 g/mol. The zero-order chi connectivity index (χ0) is 15.2. The number of carbonyl (C=O) groups excluding carboxylic acids is 1. The van der Waals surface area contributed by atoms with Gasteiger partial charge in [-0.2, -0.15) is 0 Å². The third-order valence-electron chi connectivity index (χ3n) is 3.55. The van der Waals surface area contributed by atoms with E-state index in [1.165, 1.54) is 0 Å². The molecule has 1 fully saturated rings. The molecule has 2 rings (SSSR count). The molecule has 1 atom stereocenters. The highest BCUT2D eigenvalue weighted by Crippen LogP contribution is 2.22. The van der Waals surface area contributed by atoms with Gasteiger partial charge in [-0.15, -0.1) is 0 Å². The van der Waals surface area contributed by atoms with Gasteiger partial charge in [-0.25, -0.2) is 0 Å². The maximum Gasteiger partial charge on any atom is 0.257 e. The molecule has 0 aromatic heterocycles. The maximum absolute atomic E-state index is 12.5. The molecule has 4 nitrogen and oxygen atoms in total. The van der Waals surface area contributed by atoms with E-state index in [9.17, 15) is 4.79 Å². The maximum atomic E-state index is 12.5. The van der Waals surface area contributed by atoms with Crippen LogP contribution < -0.4 is 4.74 Å². The third kappa shape index (κ3) is 4.46. The molecule has 0 N–H and O–H groups in total. The number of nitrogens with zero attached hydrogens (tertiary/aromatic N) is 1. The van der Waals surface area contributed by atoms with E-state index in [2.05, 4.69) is 13.8 Å². The van der Waals surface area contributed by atoms with Crippen LogP contribution in [0.3, 0.4) is 0 Å². The normalized spacial score (nSPS) is 18.0. The molecule has 0 aliphatic carbocycles. The summed E-state index contributed by atoms with van der Waals surface area (Å²) in [5.41, 5.74) is 0.624. The fourth-order valence-electron chi connectivity index (χ4n) is 2.56. The van der Waals surface area contributed by atoms with Crippen LogP contribution in [0.2, 0.25) is 0 Å². The van der Waals surface area contributed by atoms with Crippen molar-refractivity contribution in [2.24, 2.45) is 5.92 Å². The molecule has 0 saturated carbocycles. The molecule has 1 heterocycles. The fraction of sp³-hybridized carbons (Fsp3) is 0.588. The van der Waals surface area contributed by atoms with Gasteiger partial charge in [0.1, 0.15) is 12.4 Å². The Morgan fingerprint density at radius 2 is 2.19 bits per heavy atom. The molecular formula is C17H25NO3. The van der Waals surface area contributed by atoms with E-state index < -0.39 is 0 Å². The van der Waals surface area contributed by atoms with Gasteiger partial charge in [0.25, 0.3) is 5.91 Å². The highest BCUT2D eigenvalue weighted by molar-refractivity contribution is 5.96. The summed E-state index contributed by atoms with van der Waals surface area (Å²) in [6.07, 6.45) is 2.27. The lowest BCUT2D eigenvalue weighted by Crippen LogP contribution is -2.30. The van der Waals surface area contributed by atoms with E-state index in [1.807, 2.05) is 31.3 Å². The molecule has 1 amide bonds. The summed E-state index contributed by atoms with van der Waals surface area (Å²) in [5, 5.41) is 0. The summed E-state index contributed by atoms with van der Waals surface area (Å²) in [7, 11) is 1.83. The first-order valence-electron chi connectivity index (χ1n) is 7.67. The second-order valence-corrected chi connectivity index (χ2v) is 6.02. The molecule has 1 aromatic rings. The Hall–Kier alpha value is -1.55. The van der Waals surface area contributed by atoms with Gasteiger partial charge in [0.15, 0.2) is 0 Å². The van der Waals surface area contributed by atoms with E-state index in [-0.39, 0.29) is 12.0 Å². The quantitative estimate of drug-likeness (QED) is 0.809. The van der Waals surface area contributed by atoms with Crippen molar-refractivity contribution in [1.82, 2.24) is 4.90 Å². The summed E-state index contributed by atoms with van der Waals surface area (Å²) >= 11 is 0. The highest BCUT2D eigenvalue weighted by atomic mass is 16.5. The van der Waals surface area contributed by atoms with Gasteiger partial charge < -0.3 is 14.4 Å². The fourth-order valence-corrected chi connectivity index (χ4v) is 2.56. The molecule has 0 spiro atoms. The van der Waals surface area contributed by atoms with Gasteiger partial charge in [0.05, 0.1) is 11.7 Å². The lowest BCUT2D eigenvalue weighted by Gasteiger charge is -2.21. The summed E-state index contributed by atoms with van der Waals surface area (Å²) in [5.74, 6) is 1.10. The van der Waals surface area contributed by atoms with Gasteiger partial charge in [0.2, 0.25) is 0 Å². The molecule has 1 aromatic carbocycles. The molecule has 21 heavy (non-hydrogen) atoms. The van der Waals surface area contributed by atoms with Crippen molar-refractivity contribution >= 4 is 5.91 Å². The summed E-state index contributed by atoms with van der Waals surface area (Å²) < 4.78 is 11.4. The Morgan fingerprint density at radius 1 is 1.43 bits per heavy atom. The van der Waals surface area contributed by atoms with Crippen molar-refractivity contribution in [3.63, 3.8) is 0 Å². The van der Waals surface area contributed by atoms with Crippen molar-refractivity contribution in [1.29, 1.82) is 0 Å². The number of hydrogen-bond acceptors (Lipinski definition) is 3. The van der Waals surface area contributed by atoms with Gasteiger partial charge >= 0.3 is 0 Å². The van der Waals surface area contributed by atoms with E-state index in [0.29, 0.717) is 23.8 Å². The third-order valence-corrected chi connectivity index (χ3v) is 3.55. The van der Waals surface area contributed by atoms with E-state index in [0.717, 1.165) is 26.0 Å². The van der Waals surface area contributed by atoms with E-state index >= 15 is 0 Å². The lowest BCUT2D eigenvalue weighted by molar-refractivity contribution is 0.0655. The molecule has 1 saturated heterocycles. The minimum absolute atomic E-state index is 0.00615. The van der Waals surface area contributed by atoms with Gasteiger partial charge in [-0.1, -0.05) is 26.0 Å². The van der Waals surface area contributed by atoms with Crippen molar-refractivity contribution in [2.75, 3.05) is 26.8 Å². The molecule has 1 aliphatic heterocycles. The topological polar surface area (TPSA) is 38.8 Å². The van der Waals surface area contributed by atoms with Crippen LogP contribution in [0.1, 0.15) is 37.0 Å². The number of para-hydroxylation sites is 1. The Balaban J connectivity index is 2.03. The largest absolute Gasteiger partial charge is 0.490 e. The number of amides is 1. The lowest BCUT2D eigenvalue weighted by atomic mass is 10.1. The first kappa shape index (κ1) is 15.8. The Labute approximate surface area is 127 Å². The van der Waals surface area contributed by atoms with Crippen molar-refractivity contribution in [2.45, 2.75) is 32.8 Å². The summed E-state index contributed by atoms with van der Waals surface area (Å²) in [4.78, 5) is 14.3. The van der Waals surface area contributed by atoms with Crippen molar-refractivity contribution < 1.29 is 14.3 Å². The number of carbonyl (C=O) groups is 1. The summed E-state index contributed by atoms with van der Waals surface area (Å²) in [6.45, 7) is 6.26. The van der Waals surface area contributed by atoms with Crippen molar-refractivity contribution in [3.05, 3.63) is 29.8 Å². The van der Waals surface area contributed by atoms with Crippen LogP contribution in [0.15, 0.2) is 24.3 Å². The van der Waals surface area contributed by atoms with Gasteiger partial charge in [-0.05, 0) is 30.9 Å². The van der Waals surface area contributed by atoms with Gasteiger partial charge in [-0.3, -0.25) is 4.79 Å². The minimum Gasteiger partial charge on any atom is -0.490 e. The van der Waals surface area contributed by atoms with E-state index in [4.69, 9.17) is 9.47 Å². The smallest absolute Gasteiger partial charge is 0.257 e. The van der Waals surface area contributed by atoms with Crippen LogP contribution >= 0.6 is 0 Å². The van der Waals surface area contributed by atoms with Crippen LogP contribution in [0.25, 0.3) is 0 Å². The Morgan fingerprint density at radius 3 is 2.86 bits per heavy atom. The zero-order valence-electron chi connectivity index (χ0n) is 13.2. The molecule has 116 valence electrons. The van der Waals surface area contributed by atoms with Gasteiger partial charge in [0, 0.05) is 20.2 Å². The van der Waals surface area contributed by atoms with Crippen LogP contribution in [0.4, 0.5) is 0 Å². The number of hydrogen-bond donors (Lipinski definition) is 0. The van der Waals surface area contributed by atoms with Crippen LogP contribution in [0.5, 0.6) is 5.75 Å². The predicted molar refractivity (Wildman–Crippen MR) is 82.7 cm³/mol. The van der Waals surface area contributed by atoms with Crippen molar-refractivity contribution in [3.8, 4) is 5.75 Å². The minimum atomic E-state index is 0.00615. The number of benzene rings is 1. The second-order valence-electron chi connectivity index (χ2n) is 6.02. The second kappa shape index (κ2) is 7.46. The van der Waals surface area contributed by atoms with E-state index in [1.54, 1.807) is 4.90 Å².